The highest BCUT2D eigenvalue weighted by molar-refractivity contribution is 5.32. The van der Waals surface area contributed by atoms with Crippen molar-refractivity contribution in [3.8, 4) is 11.9 Å². The van der Waals surface area contributed by atoms with Crippen LogP contribution in [0, 0.1) is 11.3 Å². The van der Waals surface area contributed by atoms with E-state index in [4.69, 9.17) is 11.0 Å². The first kappa shape index (κ1) is 8.26. The molecular weight excluding hydrogens is 178 g/mol. The topological polar surface area (TPSA) is 80.5 Å². The first-order chi connectivity index (χ1) is 6.79. The van der Waals surface area contributed by atoms with Gasteiger partial charge in [-0.3, -0.25) is 0 Å². The molecular formula is C9H7N5. The fourth-order valence-corrected chi connectivity index (χ4v) is 1.08. The Labute approximate surface area is 80.4 Å². The molecule has 0 aliphatic heterocycles. The van der Waals surface area contributed by atoms with Gasteiger partial charge in [0.1, 0.15) is 17.6 Å². The molecule has 2 aromatic rings. The summed E-state index contributed by atoms with van der Waals surface area (Å²) < 4.78 is 1.52. The zero-order chi connectivity index (χ0) is 9.97. The maximum absolute atomic E-state index is 8.65. The second kappa shape index (κ2) is 3.18. The second-order valence-electron chi connectivity index (χ2n) is 2.68. The van der Waals surface area contributed by atoms with Gasteiger partial charge in [-0.1, -0.05) is 6.07 Å². The van der Waals surface area contributed by atoms with Crippen molar-refractivity contribution >= 4 is 5.82 Å². The van der Waals surface area contributed by atoms with Gasteiger partial charge in [0.05, 0.1) is 0 Å². The third kappa shape index (κ3) is 1.41. The van der Waals surface area contributed by atoms with Crippen LogP contribution < -0.4 is 5.73 Å². The quantitative estimate of drug-likeness (QED) is 0.709. The molecule has 0 amide bonds. The molecule has 2 heterocycles. The molecule has 0 saturated heterocycles. The normalized spacial score (nSPS) is 9.64. The van der Waals surface area contributed by atoms with Crippen molar-refractivity contribution in [2.75, 3.05) is 5.73 Å². The zero-order valence-electron chi connectivity index (χ0n) is 7.25. The minimum Gasteiger partial charge on any atom is -0.382 e. The number of anilines is 1. The Morgan fingerprint density at radius 1 is 1.36 bits per heavy atom. The molecule has 0 saturated carbocycles. The van der Waals surface area contributed by atoms with Crippen LogP contribution in [0.3, 0.4) is 0 Å². The molecule has 0 bridgehead atoms. The SMILES string of the molecule is N#Cc1cccc(-n2ccc(N)n2)n1. The van der Waals surface area contributed by atoms with E-state index in [1.807, 2.05) is 6.07 Å². The van der Waals surface area contributed by atoms with Crippen molar-refractivity contribution in [2.24, 2.45) is 0 Å². The van der Waals surface area contributed by atoms with E-state index in [1.165, 1.54) is 4.68 Å². The Morgan fingerprint density at radius 3 is 2.86 bits per heavy atom. The summed E-state index contributed by atoms with van der Waals surface area (Å²) in [5.74, 6) is 1.01. The van der Waals surface area contributed by atoms with Gasteiger partial charge in [0, 0.05) is 12.3 Å². The number of hydrogen-bond acceptors (Lipinski definition) is 4. The van der Waals surface area contributed by atoms with Gasteiger partial charge in [-0.25, -0.2) is 9.67 Å². The maximum atomic E-state index is 8.65. The van der Waals surface area contributed by atoms with Crippen LogP contribution >= 0.6 is 0 Å². The van der Waals surface area contributed by atoms with Gasteiger partial charge in [0.25, 0.3) is 0 Å². The standard InChI is InChI=1S/C9H7N5/c10-6-7-2-1-3-9(12-7)14-5-4-8(11)13-14/h1-5H,(H2,11,13). The van der Waals surface area contributed by atoms with E-state index >= 15 is 0 Å². The van der Waals surface area contributed by atoms with E-state index in [1.54, 1.807) is 30.5 Å². The van der Waals surface area contributed by atoms with Gasteiger partial charge < -0.3 is 5.73 Å². The highest BCUT2D eigenvalue weighted by Gasteiger charge is 2.00. The minimum atomic E-state index is 0.358. The summed E-state index contributed by atoms with van der Waals surface area (Å²) in [6.45, 7) is 0. The number of hydrogen-bond donors (Lipinski definition) is 1. The lowest BCUT2D eigenvalue weighted by atomic mass is 10.4. The van der Waals surface area contributed by atoms with E-state index in [0.717, 1.165) is 0 Å². The van der Waals surface area contributed by atoms with E-state index in [0.29, 0.717) is 17.3 Å². The highest BCUT2D eigenvalue weighted by Crippen LogP contribution is 2.05. The van der Waals surface area contributed by atoms with Gasteiger partial charge in [-0.05, 0) is 12.1 Å². The van der Waals surface area contributed by atoms with Crippen molar-refractivity contribution < 1.29 is 0 Å². The predicted octanol–water partition coefficient (Wildman–Crippen LogP) is 0.721. The number of aromatic nitrogens is 3. The minimum absolute atomic E-state index is 0.358. The molecule has 0 aliphatic carbocycles. The summed E-state index contributed by atoms with van der Waals surface area (Å²) in [5.41, 5.74) is 5.82. The molecule has 2 rings (SSSR count). The number of nitriles is 1. The maximum Gasteiger partial charge on any atom is 0.154 e. The molecule has 0 unspecified atom stereocenters. The van der Waals surface area contributed by atoms with Gasteiger partial charge in [0.2, 0.25) is 0 Å². The molecule has 0 aliphatic rings. The predicted molar refractivity (Wildman–Crippen MR) is 50.5 cm³/mol. The van der Waals surface area contributed by atoms with Crippen LogP contribution in [0.25, 0.3) is 5.82 Å². The summed E-state index contributed by atoms with van der Waals surface area (Å²) in [6.07, 6.45) is 1.69. The Kier molecular flexibility index (Phi) is 1.88. The van der Waals surface area contributed by atoms with Crippen LogP contribution in [0.15, 0.2) is 30.5 Å². The zero-order valence-corrected chi connectivity index (χ0v) is 7.25. The van der Waals surface area contributed by atoms with Gasteiger partial charge in [-0.2, -0.15) is 5.26 Å². The average Bonchev–Trinajstić information content (AvgIpc) is 2.65. The molecule has 5 heteroatoms. The highest BCUT2D eigenvalue weighted by atomic mass is 15.3. The van der Waals surface area contributed by atoms with Crippen molar-refractivity contribution in [3.05, 3.63) is 36.2 Å². The number of pyridine rings is 1. The lowest BCUT2D eigenvalue weighted by Gasteiger charge is -1.98. The van der Waals surface area contributed by atoms with E-state index in [-0.39, 0.29) is 0 Å². The van der Waals surface area contributed by atoms with Crippen LogP contribution in [-0.2, 0) is 0 Å². The second-order valence-corrected chi connectivity index (χ2v) is 2.68. The third-order valence-electron chi connectivity index (χ3n) is 1.69. The van der Waals surface area contributed by atoms with Crippen LogP contribution in [0.5, 0.6) is 0 Å². The molecule has 5 nitrogen and oxygen atoms in total. The van der Waals surface area contributed by atoms with Crippen molar-refractivity contribution in [1.82, 2.24) is 14.8 Å². The average molecular weight is 185 g/mol. The fourth-order valence-electron chi connectivity index (χ4n) is 1.08. The fraction of sp³-hybridized carbons (Fsp3) is 0. The van der Waals surface area contributed by atoms with Gasteiger partial charge in [-0.15, -0.1) is 5.10 Å². The number of nitrogens with two attached hydrogens (primary N) is 1. The largest absolute Gasteiger partial charge is 0.382 e. The van der Waals surface area contributed by atoms with E-state index < -0.39 is 0 Å². The summed E-state index contributed by atoms with van der Waals surface area (Å²) in [6, 6.07) is 8.77. The Hall–Kier alpha value is -2.35. The van der Waals surface area contributed by atoms with Crippen LogP contribution in [0.1, 0.15) is 5.69 Å². The Morgan fingerprint density at radius 2 is 2.21 bits per heavy atom. The van der Waals surface area contributed by atoms with Gasteiger partial charge in [0.15, 0.2) is 5.82 Å². The lowest BCUT2D eigenvalue weighted by molar-refractivity contribution is 0.849. The Balaban J connectivity index is 2.47. The van der Waals surface area contributed by atoms with Crippen LogP contribution in [0.2, 0.25) is 0 Å². The molecule has 0 aromatic carbocycles. The molecule has 2 aromatic heterocycles. The number of rotatable bonds is 1. The molecule has 14 heavy (non-hydrogen) atoms. The van der Waals surface area contributed by atoms with Crippen LogP contribution in [-0.4, -0.2) is 14.8 Å². The molecule has 0 fully saturated rings. The Bertz CT molecular complexity index is 494. The summed E-state index contributed by atoms with van der Waals surface area (Å²) in [7, 11) is 0. The smallest absolute Gasteiger partial charge is 0.154 e. The first-order valence-electron chi connectivity index (χ1n) is 3.98. The van der Waals surface area contributed by atoms with Crippen molar-refractivity contribution in [1.29, 1.82) is 5.26 Å². The van der Waals surface area contributed by atoms with E-state index in [9.17, 15) is 0 Å². The summed E-state index contributed by atoms with van der Waals surface area (Å²) >= 11 is 0. The molecule has 2 N–H and O–H groups in total. The molecule has 0 spiro atoms. The van der Waals surface area contributed by atoms with Gasteiger partial charge >= 0.3 is 0 Å². The third-order valence-corrected chi connectivity index (χ3v) is 1.69. The molecule has 0 radical (unpaired) electrons. The molecule has 0 atom stereocenters. The first-order valence-corrected chi connectivity index (χ1v) is 3.98. The summed E-state index contributed by atoms with van der Waals surface area (Å²) in [4.78, 5) is 4.06. The molecule has 68 valence electrons. The monoisotopic (exact) mass is 185 g/mol. The number of nitrogens with zero attached hydrogens (tertiary/aromatic N) is 4. The van der Waals surface area contributed by atoms with Crippen molar-refractivity contribution in [2.45, 2.75) is 0 Å². The summed E-state index contributed by atoms with van der Waals surface area (Å²) in [5, 5.41) is 12.6. The number of nitrogen functional groups attached to an aromatic ring is 1. The lowest BCUT2D eigenvalue weighted by Crippen LogP contribution is -1.99. The van der Waals surface area contributed by atoms with Crippen LogP contribution in [0.4, 0.5) is 5.82 Å². The van der Waals surface area contributed by atoms with Crippen molar-refractivity contribution in [3.63, 3.8) is 0 Å². The van der Waals surface area contributed by atoms with E-state index in [2.05, 4.69) is 10.1 Å².